The highest BCUT2D eigenvalue weighted by atomic mass is 16.6. The second kappa shape index (κ2) is 6.16. The van der Waals surface area contributed by atoms with E-state index in [0.29, 0.717) is 32.0 Å². The van der Waals surface area contributed by atoms with Crippen LogP contribution in [-0.2, 0) is 20.9 Å². The predicted octanol–water partition coefficient (Wildman–Crippen LogP) is 2.65. The molecule has 0 saturated heterocycles. The molecule has 2 N–H and O–H groups in total. The van der Waals surface area contributed by atoms with Crippen molar-refractivity contribution in [2.24, 2.45) is 11.7 Å². The lowest BCUT2D eigenvalue weighted by Crippen LogP contribution is -2.60. The molecular weight excluding hydrogens is 266 g/mol. The third-order valence-corrected chi connectivity index (χ3v) is 3.58. The maximum atomic E-state index is 12.0. The van der Waals surface area contributed by atoms with Gasteiger partial charge in [-0.15, -0.1) is 0 Å². The number of esters is 1. The van der Waals surface area contributed by atoms with E-state index in [2.05, 4.69) is 0 Å². The van der Waals surface area contributed by atoms with E-state index in [1.807, 2.05) is 51.1 Å². The van der Waals surface area contributed by atoms with Crippen LogP contribution in [0.1, 0.15) is 39.2 Å². The van der Waals surface area contributed by atoms with E-state index in [4.69, 9.17) is 15.2 Å². The van der Waals surface area contributed by atoms with Crippen LogP contribution in [0.2, 0.25) is 0 Å². The molecule has 4 nitrogen and oxygen atoms in total. The molecule has 1 aliphatic rings. The van der Waals surface area contributed by atoms with Crippen LogP contribution in [0, 0.1) is 5.92 Å². The third-order valence-electron chi connectivity index (χ3n) is 3.58. The molecule has 1 aromatic rings. The first-order valence-corrected chi connectivity index (χ1v) is 7.42. The van der Waals surface area contributed by atoms with Gasteiger partial charge in [0.1, 0.15) is 11.1 Å². The smallest absolute Gasteiger partial charge is 0.326 e. The van der Waals surface area contributed by atoms with Crippen molar-refractivity contribution in [1.82, 2.24) is 0 Å². The quantitative estimate of drug-likeness (QED) is 0.847. The van der Waals surface area contributed by atoms with Crippen molar-refractivity contribution in [3.63, 3.8) is 0 Å². The predicted molar refractivity (Wildman–Crippen MR) is 81.6 cm³/mol. The minimum absolute atomic E-state index is 0.297. The Labute approximate surface area is 126 Å². The molecule has 0 aliphatic heterocycles. The van der Waals surface area contributed by atoms with Gasteiger partial charge >= 0.3 is 5.97 Å². The van der Waals surface area contributed by atoms with Crippen LogP contribution >= 0.6 is 0 Å². The normalized spacial score (nSPS) is 25.2. The zero-order chi connectivity index (χ0) is 15.5. The molecule has 0 unspecified atom stereocenters. The minimum Gasteiger partial charge on any atom is -0.459 e. The van der Waals surface area contributed by atoms with Gasteiger partial charge in [0.25, 0.3) is 0 Å². The highest BCUT2D eigenvalue weighted by molar-refractivity contribution is 5.82. The number of benzene rings is 1. The first kappa shape index (κ1) is 16.0. The number of carbonyl (C=O) groups is 1. The van der Waals surface area contributed by atoms with E-state index >= 15 is 0 Å². The largest absolute Gasteiger partial charge is 0.459 e. The lowest BCUT2D eigenvalue weighted by atomic mass is 9.69. The molecule has 21 heavy (non-hydrogen) atoms. The average Bonchev–Trinajstić information content (AvgIpc) is 2.35. The van der Waals surface area contributed by atoms with Gasteiger partial charge in [0.15, 0.2) is 0 Å². The van der Waals surface area contributed by atoms with E-state index < -0.39 is 11.1 Å². The first-order valence-electron chi connectivity index (χ1n) is 7.42. The highest BCUT2D eigenvalue weighted by Crippen LogP contribution is 2.37. The summed E-state index contributed by atoms with van der Waals surface area (Å²) >= 11 is 0. The van der Waals surface area contributed by atoms with Crippen molar-refractivity contribution in [2.75, 3.05) is 6.61 Å². The molecule has 116 valence electrons. The summed E-state index contributed by atoms with van der Waals surface area (Å²) in [4.78, 5) is 12.0. The van der Waals surface area contributed by atoms with E-state index in [-0.39, 0.29) is 5.97 Å². The van der Waals surface area contributed by atoms with Crippen molar-refractivity contribution in [3.8, 4) is 0 Å². The molecular formula is C17H25NO3. The lowest BCUT2D eigenvalue weighted by Gasteiger charge is -2.43. The molecule has 0 spiro atoms. The Morgan fingerprint density at radius 1 is 1.29 bits per heavy atom. The van der Waals surface area contributed by atoms with Gasteiger partial charge in [0, 0.05) is 0 Å². The molecule has 0 heterocycles. The van der Waals surface area contributed by atoms with Crippen LogP contribution in [-0.4, -0.2) is 23.7 Å². The van der Waals surface area contributed by atoms with Crippen molar-refractivity contribution in [2.45, 2.75) is 51.4 Å². The summed E-state index contributed by atoms with van der Waals surface area (Å²) in [5.74, 6) is 0.0422. The van der Waals surface area contributed by atoms with Gasteiger partial charge in [-0.1, -0.05) is 30.3 Å². The molecule has 4 heteroatoms. The summed E-state index contributed by atoms with van der Waals surface area (Å²) in [5.41, 5.74) is 5.94. The summed E-state index contributed by atoms with van der Waals surface area (Å²) in [6, 6.07) is 10.0. The van der Waals surface area contributed by atoms with Crippen molar-refractivity contribution >= 4 is 5.97 Å². The Balaban J connectivity index is 1.70. The fourth-order valence-corrected chi connectivity index (χ4v) is 2.55. The number of hydrogen-bond donors (Lipinski definition) is 1. The molecule has 0 aromatic heterocycles. The Morgan fingerprint density at radius 3 is 2.48 bits per heavy atom. The molecule has 1 aliphatic carbocycles. The molecule has 0 bridgehead atoms. The van der Waals surface area contributed by atoms with Crippen LogP contribution in [0.4, 0.5) is 0 Å². The van der Waals surface area contributed by atoms with Gasteiger partial charge in [0.05, 0.1) is 13.2 Å². The molecule has 1 aromatic carbocycles. The number of rotatable bonds is 5. The number of carbonyl (C=O) groups excluding carboxylic acids is 1. The third kappa shape index (κ3) is 4.55. The van der Waals surface area contributed by atoms with Gasteiger partial charge in [-0.25, -0.2) is 0 Å². The Kier molecular flexibility index (Phi) is 4.69. The molecule has 2 rings (SSSR count). The fraction of sp³-hybridized carbons (Fsp3) is 0.588. The zero-order valence-electron chi connectivity index (χ0n) is 13.1. The van der Waals surface area contributed by atoms with Crippen LogP contribution in [0.5, 0.6) is 0 Å². The number of nitrogens with two attached hydrogens (primary N) is 1. The molecule has 1 fully saturated rings. The molecule has 1 saturated carbocycles. The lowest BCUT2D eigenvalue weighted by molar-refractivity contribution is -0.168. The van der Waals surface area contributed by atoms with Crippen LogP contribution in [0.15, 0.2) is 30.3 Å². The molecule has 0 radical (unpaired) electrons. The van der Waals surface area contributed by atoms with Gasteiger partial charge < -0.3 is 15.2 Å². The van der Waals surface area contributed by atoms with Crippen molar-refractivity contribution < 1.29 is 14.3 Å². The van der Waals surface area contributed by atoms with Gasteiger partial charge in [-0.05, 0) is 45.1 Å². The van der Waals surface area contributed by atoms with Crippen molar-refractivity contribution in [1.29, 1.82) is 0 Å². The Bertz CT molecular complexity index is 473. The molecule has 0 atom stereocenters. The van der Waals surface area contributed by atoms with Crippen LogP contribution in [0.3, 0.4) is 0 Å². The van der Waals surface area contributed by atoms with E-state index in [1.165, 1.54) is 0 Å². The maximum Gasteiger partial charge on any atom is 0.326 e. The Morgan fingerprint density at radius 2 is 1.90 bits per heavy atom. The van der Waals surface area contributed by atoms with Crippen molar-refractivity contribution in [3.05, 3.63) is 35.9 Å². The van der Waals surface area contributed by atoms with Gasteiger partial charge in [-0.2, -0.15) is 0 Å². The van der Waals surface area contributed by atoms with Crippen LogP contribution in [0.25, 0.3) is 0 Å². The standard InChI is InChI=1S/C17H25NO3/c1-16(2,3)21-15(19)17(18)9-14(10-17)12-20-11-13-7-5-4-6-8-13/h4-8,14H,9-12,18H2,1-3H3. The number of ether oxygens (including phenoxy) is 2. The van der Waals surface area contributed by atoms with E-state index in [1.54, 1.807) is 0 Å². The van der Waals surface area contributed by atoms with Gasteiger partial charge in [0.2, 0.25) is 0 Å². The number of hydrogen-bond acceptors (Lipinski definition) is 4. The topological polar surface area (TPSA) is 61.5 Å². The van der Waals surface area contributed by atoms with Gasteiger partial charge in [-0.3, -0.25) is 4.79 Å². The van der Waals surface area contributed by atoms with E-state index in [9.17, 15) is 4.79 Å². The second-order valence-electron chi connectivity index (χ2n) is 6.93. The first-order chi connectivity index (χ1) is 9.78. The average molecular weight is 291 g/mol. The summed E-state index contributed by atoms with van der Waals surface area (Å²) in [6.07, 6.45) is 1.27. The second-order valence-corrected chi connectivity index (χ2v) is 6.93. The SMILES string of the molecule is CC(C)(C)OC(=O)C1(N)CC(COCc2ccccc2)C1. The zero-order valence-corrected chi connectivity index (χ0v) is 13.1. The highest BCUT2D eigenvalue weighted by Gasteiger charge is 2.49. The summed E-state index contributed by atoms with van der Waals surface area (Å²) < 4.78 is 11.1. The van der Waals surface area contributed by atoms with Crippen LogP contribution < -0.4 is 5.73 Å². The van der Waals surface area contributed by atoms with E-state index in [0.717, 1.165) is 5.56 Å². The fourth-order valence-electron chi connectivity index (χ4n) is 2.55. The minimum atomic E-state index is -0.825. The summed E-state index contributed by atoms with van der Waals surface area (Å²) in [6.45, 7) is 6.80. The monoisotopic (exact) mass is 291 g/mol. The maximum absolute atomic E-state index is 12.0. The summed E-state index contributed by atoms with van der Waals surface area (Å²) in [7, 11) is 0. The molecule has 0 amide bonds. The Hall–Kier alpha value is -1.39. The summed E-state index contributed by atoms with van der Waals surface area (Å²) in [5, 5.41) is 0.